The molecule has 1 atom stereocenters. The predicted molar refractivity (Wildman–Crippen MR) is 181 cm³/mol. The summed E-state index contributed by atoms with van der Waals surface area (Å²) < 4.78 is 27.6. The largest absolute Gasteiger partial charge is 0.497 e. The van der Waals surface area contributed by atoms with Crippen molar-refractivity contribution in [3.05, 3.63) is 88.2 Å². The second-order valence-electron chi connectivity index (χ2n) is 10.3. The fourth-order valence-corrected chi connectivity index (χ4v) is 5.87. The summed E-state index contributed by atoms with van der Waals surface area (Å²) in [5, 5.41) is 3.95. The lowest BCUT2D eigenvalue weighted by Gasteiger charge is -2.32. The Hall–Kier alpha value is -4.68. The average molecular weight is 681 g/mol. The Labute approximate surface area is 283 Å². The van der Waals surface area contributed by atoms with Gasteiger partial charge in [-0.2, -0.15) is 0 Å². The molecule has 0 radical (unpaired) electrons. The van der Waals surface area contributed by atoms with E-state index in [1.807, 2.05) is 19.9 Å². The quantitative estimate of drug-likeness (QED) is 0.120. The zero-order chi connectivity index (χ0) is 34.1. The molecule has 248 valence electrons. The number of methoxy groups -OCH3 is 5. The summed E-state index contributed by atoms with van der Waals surface area (Å²) >= 11 is 7.36. The Bertz CT molecular complexity index is 1680. The Kier molecular flexibility index (Phi) is 12.2. The van der Waals surface area contributed by atoms with Crippen LogP contribution in [0.25, 0.3) is 0 Å². The van der Waals surface area contributed by atoms with E-state index in [9.17, 15) is 9.59 Å². The van der Waals surface area contributed by atoms with Crippen LogP contribution in [0.4, 0.5) is 5.69 Å². The Balaban J connectivity index is 1.85. The Morgan fingerprint density at radius 3 is 1.98 bits per heavy atom. The van der Waals surface area contributed by atoms with Gasteiger partial charge in [0.25, 0.3) is 5.91 Å². The number of carbonyl (C=O) groups is 2. The number of nitrogens with one attached hydrogen (secondary N) is 1. The van der Waals surface area contributed by atoms with E-state index in [0.29, 0.717) is 50.2 Å². The normalized spacial score (nSPS) is 11.3. The molecular formula is C34H37ClN4O7S. The first-order valence-corrected chi connectivity index (χ1v) is 15.8. The molecule has 47 heavy (non-hydrogen) atoms. The second kappa shape index (κ2) is 16.2. The van der Waals surface area contributed by atoms with Crippen molar-refractivity contribution < 1.29 is 33.3 Å². The first-order valence-electron chi connectivity index (χ1n) is 14.4. The molecule has 13 heteroatoms. The second-order valence-corrected chi connectivity index (χ2v) is 11.7. The van der Waals surface area contributed by atoms with E-state index in [0.717, 1.165) is 17.0 Å². The van der Waals surface area contributed by atoms with Crippen molar-refractivity contribution in [1.29, 1.82) is 0 Å². The van der Waals surface area contributed by atoms with Crippen molar-refractivity contribution in [2.45, 2.75) is 31.6 Å². The minimum absolute atomic E-state index is 0.0451. The number of aromatic nitrogens is 2. The fraction of sp³-hybridized carbons (Fsp3) is 0.294. The summed E-state index contributed by atoms with van der Waals surface area (Å²) in [7, 11) is 7.48. The van der Waals surface area contributed by atoms with Crippen molar-refractivity contribution in [1.82, 2.24) is 14.9 Å². The molecule has 4 rings (SSSR count). The van der Waals surface area contributed by atoms with E-state index in [4.69, 9.17) is 35.3 Å². The third-order valence-electron chi connectivity index (χ3n) is 7.10. The molecule has 4 aromatic rings. The van der Waals surface area contributed by atoms with Gasteiger partial charge in [0.05, 0.1) is 47.0 Å². The number of nitrogens with zero attached hydrogens (tertiary/aromatic N) is 3. The molecule has 1 unspecified atom stereocenters. The lowest BCUT2D eigenvalue weighted by Crippen LogP contribution is -2.42. The van der Waals surface area contributed by atoms with Crippen LogP contribution < -0.4 is 29.0 Å². The van der Waals surface area contributed by atoms with E-state index >= 15 is 0 Å². The topological polar surface area (TPSA) is 121 Å². The molecule has 1 heterocycles. The van der Waals surface area contributed by atoms with Crippen LogP contribution in [-0.2, 0) is 16.1 Å². The smallest absolute Gasteiger partial charge is 0.251 e. The van der Waals surface area contributed by atoms with Crippen LogP contribution in [0.1, 0.15) is 28.6 Å². The standard InChI is InChI=1S/C34H37ClN4O7S/c1-20-14-21(2)37-34(36-20)47-19-30(40)39(18-22-8-10-24(35)11-9-22)31(23-15-28(44-5)32(46-7)29(16-23)45-6)33(41)38-26-13-12-25(42-3)17-27(26)43-4/h8-17,31H,18-19H2,1-7H3,(H,38,41). The predicted octanol–water partition coefficient (Wildman–Crippen LogP) is 6.29. The maximum atomic E-state index is 14.5. The molecule has 0 aliphatic rings. The monoisotopic (exact) mass is 680 g/mol. The fourth-order valence-electron chi connectivity index (χ4n) is 4.91. The van der Waals surface area contributed by atoms with Gasteiger partial charge in [0.2, 0.25) is 11.7 Å². The van der Waals surface area contributed by atoms with Crippen LogP contribution in [-0.4, -0.2) is 68.0 Å². The van der Waals surface area contributed by atoms with Gasteiger partial charge in [-0.05, 0) is 67.4 Å². The number of aryl methyl sites for hydroxylation is 2. The lowest BCUT2D eigenvalue weighted by molar-refractivity contribution is -0.137. The SMILES string of the molecule is COc1ccc(NC(=O)C(c2cc(OC)c(OC)c(OC)c2)N(Cc2ccc(Cl)cc2)C(=O)CSc2nc(C)cc(C)n2)c(OC)c1. The van der Waals surface area contributed by atoms with Crippen LogP contribution in [0.15, 0.2) is 65.8 Å². The number of thioether (sulfide) groups is 1. The molecule has 0 saturated heterocycles. The summed E-state index contributed by atoms with van der Waals surface area (Å²) in [6.07, 6.45) is 0. The van der Waals surface area contributed by atoms with Crippen LogP contribution in [0.5, 0.6) is 28.7 Å². The molecule has 0 fully saturated rings. The van der Waals surface area contributed by atoms with Crippen LogP contribution in [0.3, 0.4) is 0 Å². The van der Waals surface area contributed by atoms with Crippen LogP contribution >= 0.6 is 23.4 Å². The summed E-state index contributed by atoms with van der Waals surface area (Å²) in [4.78, 5) is 39.2. The molecule has 11 nitrogen and oxygen atoms in total. The minimum atomic E-state index is -1.18. The van der Waals surface area contributed by atoms with Gasteiger partial charge >= 0.3 is 0 Å². The van der Waals surface area contributed by atoms with Crippen LogP contribution in [0.2, 0.25) is 5.02 Å². The summed E-state index contributed by atoms with van der Waals surface area (Å²) in [6.45, 7) is 3.80. The summed E-state index contributed by atoms with van der Waals surface area (Å²) in [5.74, 6) is 0.993. The zero-order valence-corrected chi connectivity index (χ0v) is 28.8. The van der Waals surface area contributed by atoms with E-state index < -0.39 is 11.9 Å². The average Bonchev–Trinajstić information content (AvgIpc) is 3.06. The summed E-state index contributed by atoms with van der Waals surface area (Å²) in [6, 6.07) is 16.1. The highest BCUT2D eigenvalue weighted by atomic mass is 35.5. The number of rotatable bonds is 14. The molecule has 0 aliphatic heterocycles. The van der Waals surface area contributed by atoms with Gasteiger partial charge in [-0.25, -0.2) is 9.97 Å². The highest BCUT2D eigenvalue weighted by Crippen LogP contribution is 2.42. The molecule has 3 aromatic carbocycles. The number of carbonyl (C=O) groups excluding carboxylic acids is 2. The van der Waals surface area contributed by atoms with E-state index in [2.05, 4.69) is 15.3 Å². The minimum Gasteiger partial charge on any atom is -0.497 e. The molecule has 0 aliphatic carbocycles. The number of hydrogen-bond acceptors (Lipinski definition) is 10. The van der Waals surface area contributed by atoms with Gasteiger partial charge in [0, 0.05) is 29.0 Å². The number of anilines is 1. The van der Waals surface area contributed by atoms with Crippen molar-refractivity contribution >= 4 is 40.9 Å². The van der Waals surface area contributed by atoms with Gasteiger partial charge in [0.15, 0.2) is 16.7 Å². The van der Waals surface area contributed by atoms with E-state index in [-0.39, 0.29) is 18.2 Å². The Morgan fingerprint density at radius 1 is 0.809 bits per heavy atom. The summed E-state index contributed by atoms with van der Waals surface area (Å²) in [5.41, 5.74) is 3.12. The molecule has 1 N–H and O–H groups in total. The third-order valence-corrected chi connectivity index (χ3v) is 8.19. The van der Waals surface area contributed by atoms with Crippen molar-refractivity contribution in [3.63, 3.8) is 0 Å². The van der Waals surface area contributed by atoms with E-state index in [1.165, 1.54) is 52.2 Å². The zero-order valence-electron chi connectivity index (χ0n) is 27.3. The van der Waals surface area contributed by atoms with E-state index in [1.54, 1.807) is 54.6 Å². The first-order chi connectivity index (χ1) is 22.6. The highest BCUT2D eigenvalue weighted by molar-refractivity contribution is 7.99. The third kappa shape index (κ3) is 8.78. The maximum Gasteiger partial charge on any atom is 0.251 e. The molecular weight excluding hydrogens is 644 g/mol. The van der Waals surface area contributed by atoms with Crippen molar-refractivity contribution in [2.75, 3.05) is 46.6 Å². The molecule has 0 saturated carbocycles. The molecule has 1 aromatic heterocycles. The van der Waals surface area contributed by atoms with Gasteiger partial charge in [0.1, 0.15) is 17.5 Å². The van der Waals surface area contributed by atoms with Crippen molar-refractivity contribution in [2.24, 2.45) is 0 Å². The van der Waals surface area contributed by atoms with Crippen molar-refractivity contribution in [3.8, 4) is 28.7 Å². The number of ether oxygens (including phenoxy) is 5. The van der Waals surface area contributed by atoms with Gasteiger partial charge < -0.3 is 33.9 Å². The first kappa shape index (κ1) is 35.2. The molecule has 0 spiro atoms. The highest BCUT2D eigenvalue weighted by Gasteiger charge is 2.34. The van der Waals surface area contributed by atoms with Gasteiger partial charge in [-0.15, -0.1) is 0 Å². The maximum absolute atomic E-state index is 14.5. The lowest BCUT2D eigenvalue weighted by atomic mass is 10.0. The van der Waals surface area contributed by atoms with Crippen LogP contribution in [0, 0.1) is 13.8 Å². The molecule has 0 bridgehead atoms. The molecule has 2 amide bonds. The van der Waals surface area contributed by atoms with Gasteiger partial charge in [-0.3, -0.25) is 9.59 Å². The van der Waals surface area contributed by atoms with Gasteiger partial charge in [-0.1, -0.05) is 35.5 Å². The number of hydrogen-bond donors (Lipinski definition) is 1. The Morgan fingerprint density at radius 2 is 1.43 bits per heavy atom. The number of halogens is 1. The number of amides is 2. The number of benzene rings is 3.